The van der Waals surface area contributed by atoms with Crippen LogP contribution in [0.25, 0.3) is 11.3 Å². The van der Waals surface area contributed by atoms with Crippen LogP contribution >= 0.6 is 11.3 Å². The summed E-state index contributed by atoms with van der Waals surface area (Å²) in [6.45, 7) is 1.87. The van der Waals surface area contributed by atoms with Crippen molar-refractivity contribution in [1.82, 2.24) is 9.97 Å². The molecule has 0 spiro atoms. The van der Waals surface area contributed by atoms with Gasteiger partial charge in [0.1, 0.15) is 0 Å². The largest absolute Gasteiger partial charge is 0.345 e. The van der Waals surface area contributed by atoms with Gasteiger partial charge in [0, 0.05) is 10.4 Å². The molecule has 5 heteroatoms. The van der Waals surface area contributed by atoms with Crippen molar-refractivity contribution in [2.24, 2.45) is 0 Å². The maximum Gasteiger partial charge on any atom is 0.345 e. The number of H-pyrrole nitrogens is 1. The van der Waals surface area contributed by atoms with E-state index in [4.69, 9.17) is 0 Å². The Bertz CT molecular complexity index is 518. The molecule has 3 nitrogen and oxygen atoms in total. The molecule has 0 atom stereocenters. The van der Waals surface area contributed by atoms with Crippen LogP contribution in [0.3, 0.4) is 0 Å². The highest BCUT2D eigenvalue weighted by Crippen LogP contribution is 2.26. The molecule has 0 amide bonds. The smallest absolute Gasteiger partial charge is 0.303 e. The number of halogens is 1. The van der Waals surface area contributed by atoms with Gasteiger partial charge in [-0.05, 0) is 18.4 Å². The number of nitrogens with zero attached hydrogens (tertiary/aromatic N) is 1. The van der Waals surface area contributed by atoms with Gasteiger partial charge in [0.2, 0.25) is 0 Å². The molecule has 0 fully saturated rings. The number of thiophene rings is 1. The monoisotopic (exact) mass is 210 g/mol. The summed E-state index contributed by atoms with van der Waals surface area (Å²) in [6.07, 6.45) is 0.936. The lowest BCUT2D eigenvalue weighted by Gasteiger charge is -2.00. The van der Waals surface area contributed by atoms with Gasteiger partial charge in [-0.15, -0.1) is 11.3 Å². The van der Waals surface area contributed by atoms with Gasteiger partial charge in [-0.1, -0.05) is 0 Å². The number of nitrogens with one attached hydrogen (secondary N) is 1. The average molecular weight is 210 g/mol. The normalized spacial score (nSPS) is 10.4. The second-order valence-electron chi connectivity index (χ2n) is 2.80. The third-order valence-corrected chi connectivity index (χ3v) is 2.74. The summed E-state index contributed by atoms with van der Waals surface area (Å²) in [5.74, 6) is -0.508. The summed E-state index contributed by atoms with van der Waals surface area (Å²) in [5.41, 5.74) is 0.391. The number of rotatable bonds is 1. The van der Waals surface area contributed by atoms with Crippen LogP contribution in [0, 0.1) is 12.7 Å². The third-order valence-electron chi connectivity index (χ3n) is 1.89. The Balaban J connectivity index is 2.68. The quantitative estimate of drug-likeness (QED) is 0.781. The lowest BCUT2D eigenvalue weighted by Crippen LogP contribution is -2.11. The van der Waals surface area contributed by atoms with E-state index in [1.54, 1.807) is 6.07 Å². The second-order valence-corrected chi connectivity index (χ2v) is 3.92. The fraction of sp³-hybridized carbons (Fsp3) is 0.111. The Morgan fingerprint density at radius 1 is 1.57 bits per heavy atom. The second kappa shape index (κ2) is 3.34. The molecule has 0 bridgehead atoms. The van der Waals surface area contributed by atoms with Gasteiger partial charge < -0.3 is 4.98 Å². The van der Waals surface area contributed by atoms with Crippen LogP contribution < -0.4 is 5.69 Å². The van der Waals surface area contributed by atoms with Gasteiger partial charge >= 0.3 is 5.69 Å². The molecule has 0 aliphatic carbocycles. The Labute approximate surface area is 83.3 Å². The number of aryl methyl sites for hydroxylation is 1. The first-order chi connectivity index (χ1) is 6.68. The zero-order valence-electron chi connectivity index (χ0n) is 7.37. The zero-order chi connectivity index (χ0) is 10.1. The summed E-state index contributed by atoms with van der Waals surface area (Å²) >= 11 is 1.50. The molecule has 0 saturated heterocycles. The average Bonchev–Trinajstić information content (AvgIpc) is 2.56. The zero-order valence-corrected chi connectivity index (χ0v) is 8.19. The molecule has 0 aromatic carbocycles. The summed E-state index contributed by atoms with van der Waals surface area (Å²) < 4.78 is 13.3. The van der Waals surface area contributed by atoms with E-state index in [1.807, 2.05) is 12.3 Å². The Morgan fingerprint density at radius 2 is 2.36 bits per heavy atom. The first-order valence-corrected chi connectivity index (χ1v) is 4.86. The van der Waals surface area contributed by atoms with Crippen molar-refractivity contribution in [2.75, 3.05) is 0 Å². The maximum atomic E-state index is 13.3. The van der Waals surface area contributed by atoms with E-state index in [0.29, 0.717) is 5.56 Å². The van der Waals surface area contributed by atoms with Crippen molar-refractivity contribution in [2.45, 2.75) is 6.92 Å². The van der Waals surface area contributed by atoms with Crippen molar-refractivity contribution in [3.8, 4) is 11.3 Å². The Morgan fingerprint density at radius 3 is 3.00 bits per heavy atom. The van der Waals surface area contributed by atoms with Crippen LogP contribution in [0.5, 0.6) is 0 Å². The fourth-order valence-corrected chi connectivity index (χ4v) is 1.92. The molecule has 0 radical (unpaired) electrons. The number of hydrogen-bond donors (Lipinski definition) is 1. The van der Waals surface area contributed by atoms with Crippen molar-refractivity contribution < 1.29 is 4.39 Å². The summed E-state index contributed by atoms with van der Waals surface area (Å²) in [6, 6.07) is 1.77. The summed E-state index contributed by atoms with van der Waals surface area (Å²) in [5, 5.41) is 1.85. The minimum Gasteiger partial charge on any atom is -0.303 e. The van der Waals surface area contributed by atoms with Crippen molar-refractivity contribution in [3.05, 3.63) is 38.8 Å². The van der Waals surface area contributed by atoms with Crippen LogP contribution in [-0.2, 0) is 0 Å². The molecule has 0 saturated carbocycles. The first kappa shape index (κ1) is 9.08. The van der Waals surface area contributed by atoms with Crippen molar-refractivity contribution >= 4 is 11.3 Å². The molecule has 2 rings (SSSR count). The standard InChI is InChI=1S/C9H7FN2OS/c1-5-6(2-3-14-5)8-7(10)4-11-9(13)12-8/h2-4H,1H3,(H,11,12,13). The molecule has 2 heterocycles. The van der Waals surface area contributed by atoms with E-state index in [-0.39, 0.29) is 5.69 Å². The third kappa shape index (κ3) is 1.46. The van der Waals surface area contributed by atoms with Crippen molar-refractivity contribution in [1.29, 1.82) is 0 Å². The van der Waals surface area contributed by atoms with Gasteiger partial charge in [-0.25, -0.2) is 9.18 Å². The predicted molar refractivity (Wildman–Crippen MR) is 52.9 cm³/mol. The highest BCUT2D eigenvalue weighted by molar-refractivity contribution is 7.10. The Hall–Kier alpha value is -1.49. The summed E-state index contributed by atoms with van der Waals surface area (Å²) in [7, 11) is 0. The highest BCUT2D eigenvalue weighted by atomic mass is 32.1. The molecular formula is C9H7FN2OS. The molecule has 0 unspecified atom stereocenters. The van der Waals surface area contributed by atoms with Crippen LogP contribution in [0.2, 0.25) is 0 Å². The molecule has 14 heavy (non-hydrogen) atoms. The fourth-order valence-electron chi connectivity index (χ4n) is 1.22. The Kier molecular flexibility index (Phi) is 2.17. The van der Waals surface area contributed by atoms with E-state index < -0.39 is 11.5 Å². The highest BCUT2D eigenvalue weighted by Gasteiger charge is 2.09. The molecule has 0 aliphatic rings. The molecule has 72 valence electrons. The van der Waals surface area contributed by atoms with E-state index >= 15 is 0 Å². The number of aromatic amines is 1. The minimum absolute atomic E-state index is 0.212. The molecule has 2 aromatic heterocycles. The van der Waals surface area contributed by atoms with Gasteiger partial charge in [0.05, 0.1) is 11.9 Å². The molecule has 0 aliphatic heterocycles. The van der Waals surface area contributed by atoms with Crippen molar-refractivity contribution in [3.63, 3.8) is 0 Å². The van der Waals surface area contributed by atoms with Gasteiger partial charge in [-0.3, -0.25) is 0 Å². The molecular weight excluding hydrogens is 203 g/mol. The van der Waals surface area contributed by atoms with Gasteiger partial charge in [-0.2, -0.15) is 4.98 Å². The molecule has 1 N–H and O–H groups in total. The van der Waals surface area contributed by atoms with E-state index in [9.17, 15) is 9.18 Å². The van der Waals surface area contributed by atoms with E-state index in [0.717, 1.165) is 11.1 Å². The maximum absolute atomic E-state index is 13.3. The lowest BCUT2D eigenvalue weighted by molar-refractivity contribution is 0.615. The summed E-state index contributed by atoms with van der Waals surface area (Å²) in [4.78, 5) is 17.6. The van der Waals surface area contributed by atoms with Crippen LogP contribution in [0.4, 0.5) is 4.39 Å². The number of aromatic nitrogens is 2. The van der Waals surface area contributed by atoms with E-state index in [1.165, 1.54) is 11.3 Å². The molecule has 2 aromatic rings. The number of hydrogen-bond acceptors (Lipinski definition) is 3. The lowest BCUT2D eigenvalue weighted by atomic mass is 10.2. The SMILES string of the molecule is Cc1sccc1-c1[nH]c(=O)ncc1F. The topological polar surface area (TPSA) is 45.8 Å². The first-order valence-electron chi connectivity index (χ1n) is 3.98. The van der Waals surface area contributed by atoms with Gasteiger partial charge in [0.15, 0.2) is 5.82 Å². The van der Waals surface area contributed by atoms with Crippen LogP contribution in [0.15, 0.2) is 22.4 Å². The minimum atomic E-state index is -0.535. The van der Waals surface area contributed by atoms with Gasteiger partial charge in [0.25, 0.3) is 0 Å². The predicted octanol–water partition coefficient (Wildman–Crippen LogP) is 1.95. The van der Waals surface area contributed by atoms with Crippen LogP contribution in [-0.4, -0.2) is 9.97 Å². The van der Waals surface area contributed by atoms with E-state index in [2.05, 4.69) is 9.97 Å². The van der Waals surface area contributed by atoms with Crippen LogP contribution in [0.1, 0.15) is 4.88 Å².